The van der Waals surface area contributed by atoms with Gasteiger partial charge in [-0.3, -0.25) is 0 Å². The van der Waals surface area contributed by atoms with E-state index in [1.807, 2.05) is 0 Å². The molecule has 0 unspecified atom stereocenters. The molecule has 0 aliphatic heterocycles. The molecule has 200 valence electrons. The fourth-order valence-corrected chi connectivity index (χ4v) is 3.58. The summed E-state index contributed by atoms with van der Waals surface area (Å²) in [7, 11) is 0. The molecule has 0 heterocycles. The van der Waals surface area contributed by atoms with Crippen molar-refractivity contribution in [3.63, 3.8) is 0 Å². The SMILES string of the molecule is CCCCCCCCOC(=O)c1ccccc1C(=O)OCCCCCCCC.Oc1cccc(O)c1. The third kappa shape index (κ3) is 14.4. The predicted molar refractivity (Wildman–Crippen MR) is 144 cm³/mol. The van der Waals surface area contributed by atoms with Gasteiger partial charge in [0.15, 0.2) is 0 Å². The highest BCUT2D eigenvalue weighted by Gasteiger charge is 2.18. The minimum absolute atomic E-state index is 0.0880. The average molecular weight is 501 g/mol. The molecule has 6 heteroatoms. The third-order valence-corrected chi connectivity index (χ3v) is 5.66. The van der Waals surface area contributed by atoms with E-state index in [-0.39, 0.29) is 11.5 Å². The molecule has 0 fully saturated rings. The number of benzene rings is 2. The molecule has 0 radical (unpaired) electrons. The van der Waals surface area contributed by atoms with Crippen LogP contribution in [0.2, 0.25) is 0 Å². The van der Waals surface area contributed by atoms with Crippen LogP contribution >= 0.6 is 0 Å². The Bertz CT molecular complexity index is 798. The Morgan fingerprint density at radius 1 is 0.583 bits per heavy atom. The normalized spacial score (nSPS) is 10.3. The van der Waals surface area contributed by atoms with Crippen LogP contribution in [0.3, 0.4) is 0 Å². The van der Waals surface area contributed by atoms with E-state index in [1.165, 1.54) is 69.6 Å². The lowest BCUT2D eigenvalue weighted by atomic mass is 10.1. The molecule has 2 aromatic rings. The summed E-state index contributed by atoms with van der Waals surface area (Å²) in [5.74, 6) is -0.712. The zero-order chi connectivity index (χ0) is 26.4. The summed E-state index contributed by atoms with van der Waals surface area (Å²) in [5.41, 5.74) is 0.586. The lowest BCUT2D eigenvalue weighted by Crippen LogP contribution is -2.15. The monoisotopic (exact) mass is 500 g/mol. The maximum Gasteiger partial charge on any atom is 0.339 e. The van der Waals surface area contributed by atoms with E-state index in [0.29, 0.717) is 24.3 Å². The van der Waals surface area contributed by atoms with E-state index in [0.717, 1.165) is 25.7 Å². The Morgan fingerprint density at radius 3 is 1.33 bits per heavy atom. The van der Waals surface area contributed by atoms with E-state index in [9.17, 15) is 9.59 Å². The van der Waals surface area contributed by atoms with Gasteiger partial charge in [-0.05, 0) is 37.1 Å². The molecule has 0 spiro atoms. The standard InChI is InChI=1S/C24H38O4.C6H6O2/c1-3-5-7-9-11-15-19-27-23(25)21-17-13-14-18-22(21)24(26)28-20-16-12-10-8-6-4-2;7-5-2-1-3-6(8)4-5/h13-14,17-18H,3-12,15-16,19-20H2,1-2H3;1-4,7-8H. The molecule has 2 aromatic carbocycles. The number of unbranched alkanes of at least 4 members (excludes halogenated alkanes) is 10. The molecule has 0 saturated heterocycles. The number of aromatic hydroxyl groups is 2. The van der Waals surface area contributed by atoms with Crippen molar-refractivity contribution in [1.82, 2.24) is 0 Å². The lowest BCUT2D eigenvalue weighted by Gasteiger charge is -2.10. The molecule has 0 saturated carbocycles. The molecule has 36 heavy (non-hydrogen) atoms. The average Bonchev–Trinajstić information content (AvgIpc) is 2.87. The highest BCUT2D eigenvalue weighted by molar-refractivity contribution is 6.03. The second-order valence-corrected chi connectivity index (χ2v) is 8.87. The van der Waals surface area contributed by atoms with Crippen LogP contribution in [0.1, 0.15) is 112 Å². The molecule has 0 bridgehead atoms. The maximum absolute atomic E-state index is 12.4. The number of carbonyl (C=O) groups is 2. The Hall–Kier alpha value is -3.02. The largest absolute Gasteiger partial charge is 0.508 e. The molecule has 0 aliphatic carbocycles. The molecule has 2 N–H and O–H groups in total. The van der Waals surface area contributed by atoms with Crippen molar-refractivity contribution in [2.45, 2.75) is 90.9 Å². The van der Waals surface area contributed by atoms with Crippen molar-refractivity contribution in [1.29, 1.82) is 0 Å². The molecular weight excluding hydrogens is 456 g/mol. The molecule has 0 amide bonds. The number of phenolic OH excluding ortho intramolecular Hbond substituents is 2. The van der Waals surface area contributed by atoms with Crippen LogP contribution in [0.4, 0.5) is 0 Å². The van der Waals surface area contributed by atoms with Crippen LogP contribution in [0.25, 0.3) is 0 Å². The number of carbonyl (C=O) groups excluding carboxylic acids is 2. The highest BCUT2D eigenvalue weighted by atomic mass is 16.5. The Kier molecular flexibility index (Phi) is 17.4. The second kappa shape index (κ2) is 20.2. The molecule has 0 aliphatic rings. The van der Waals surface area contributed by atoms with E-state index in [4.69, 9.17) is 19.7 Å². The van der Waals surface area contributed by atoms with Crippen LogP contribution < -0.4 is 0 Å². The van der Waals surface area contributed by atoms with Gasteiger partial charge in [0.2, 0.25) is 0 Å². The van der Waals surface area contributed by atoms with Gasteiger partial charge in [0.05, 0.1) is 24.3 Å². The van der Waals surface area contributed by atoms with Crippen molar-refractivity contribution >= 4 is 11.9 Å². The van der Waals surface area contributed by atoms with Crippen LogP contribution in [-0.4, -0.2) is 35.4 Å². The van der Waals surface area contributed by atoms with Crippen molar-refractivity contribution in [3.8, 4) is 11.5 Å². The number of phenols is 2. The lowest BCUT2D eigenvalue weighted by molar-refractivity contribution is 0.0450. The van der Waals surface area contributed by atoms with Gasteiger partial charge in [-0.25, -0.2) is 9.59 Å². The maximum atomic E-state index is 12.4. The molecular formula is C30H44O6. The first-order valence-corrected chi connectivity index (χ1v) is 13.4. The zero-order valence-electron chi connectivity index (χ0n) is 22.0. The molecule has 0 atom stereocenters. The zero-order valence-corrected chi connectivity index (χ0v) is 22.0. The van der Waals surface area contributed by atoms with Gasteiger partial charge in [-0.15, -0.1) is 0 Å². The van der Waals surface area contributed by atoms with Gasteiger partial charge >= 0.3 is 11.9 Å². The fraction of sp³-hybridized carbons (Fsp3) is 0.533. The minimum atomic E-state index is -0.444. The highest BCUT2D eigenvalue weighted by Crippen LogP contribution is 2.15. The third-order valence-electron chi connectivity index (χ3n) is 5.66. The van der Waals surface area contributed by atoms with Gasteiger partial charge in [-0.2, -0.15) is 0 Å². The van der Waals surface area contributed by atoms with Gasteiger partial charge < -0.3 is 19.7 Å². The Labute approximate surface area is 216 Å². The second-order valence-electron chi connectivity index (χ2n) is 8.87. The first kappa shape index (κ1) is 31.0. The van der Waals surface area contributed by atoms with Crippen molar-refractivity contribution in [2.24, 2.45) is 0 Å². The van der Waals surface area contributed by atoms with E-state index >= 15 is 0 Å². The quantitative estimate of drug-likeness (QED) is 0.180. The summed E-state index contributed by atoms with van der Waals surface area (Å²) in [4.78, 5) is 24.7. The number of rotatable bonds is 16. The molecule has 0 aromatic heterocycles. The van der Waals surface area contributed by atoms with Crippen LogP contribution in [0.15, 0.2) is 48.5 Å². The summed E-state index contributed by atoms with van der Waals surface area (Å²) >= 11 is 0. The number of hydrogen-bond donors (Lipinski definition) is 2. The smallest absolute Gasteiger partial charge is 0.339 e. The van der Waals surface area contributed by atoms with Gasteiger partial charge in [0.1, 0.15) is 11.5 Å². The first-order valence-electron chi connectivity index (χ1n) is 13.4. The van der Waals surface area contributed by atoms with Crippen molar-refractivity contribution in [3.05, 3.63) is 59.7 Å². The van der Waals surface area contributed by atoms with Crippen LogP contribution in [-0.2, 0) is 9.47 Å². The van der Waals surface area contributed by atoms with E-state index < -0.39 is 11.9 Å². The summed E-state index contributed by atoms with van der Waals surface area (Å²) in [6, 6.07) is 12.6. The van der Waals surface area contributed by atoms with E-state index in [1.54, 1.807) is 30.3 Å². The summed E-state index contributed by atoms with van der Waals surface area (Å²) in [6.07, 6.45) is 13.6. The predicted octanol–water partition coefficient (Wildman–Crippen LogP) is 7.82. The Morgan fingerprint density at radius 2 is 0.972 bits per heavy atom. The number of hydrogen-bond acceptors (Lipinski definition) is 6. The molecule has 2 rings (SSSR count). The summed E-state index contributed by atoms with van der Waals surface area (Å²) in [5, 5.41) is 17.3. The van der Waals surface area contributed by atoms with Crippen molar-refractivity contribution in [2.75, 3.05) is 13.2 Å². The molecule has 6 nitrogen and oxygen atoms in total. The number of ether oxygens (including phenoxy) is 2. The van der Waals surface area contributed by atoms with Gasteiger partial charge in [0, 0.05) is 6.07 Å². The Balaban J connectivity index is 0.000000681. The van der Waals surface area contributed by atoms with Gasteiger partial charge in [0.25, 0.3) is 0 Å². The fourth-order valence-electron chi connectivity index (χ4n) is 3.58. The van der Waals surface area contributed by atoms with E-state index in [2.05, 4.69) is 13.8 Å². The first-order chi connectivity index (χ1) is 17.5. The van der Waals surface area contributed by atoms with Crippen LogP contribution in [0.5, 0.6) is 11.5 Å². The number of esters is 2. The van der Waals surface area contributed by atoms with Crippen LogP contribution in [0, 0.1) is 0 Å². The van der Waals surface area contributed by atoms with Gasteiger partial charge in [-0.1, -0.05) is 96.3 Å². The minimum Gasteiger partial charge on any atom is -0.508 e. The summed E-state index contributed by atoms with van der Waals surface area (Å²) < 4.78 is 10.7. The summed E-state index contributed by atoms with van der Waals surface area (Å²) in [6.45, 7) is 5.17. The topological polar surface area (TPSA) is 93.1 Å². The van der Waals surface area contributed by atoms with Crippen molar-refractivity contribution < 1.29 is 29.3 Å².